The van der Waals surface area contributed by atoms with Crippen molar-refractivity contribution in [1.82, 2.24) is 9.88 Å². The van der Waals surface area contributed by atoms with Crippen LogP contribution in [0.5, 0.6) is 5.75 Å². The van der Waals surface area contributed by atoms with E-state index in [1.165, 1.54) is 30.4 Å². The number of nitrogens with zero attached hydrogens (tertiary/aromatic N) is 2. The minimum Gasteiger partial charge on any atom is -0.492 e. The zero-order valence-electron chi connectivity index (χ0n) is 14.8. The van der Waals surface area contributed by atoms with Gasteiger partial charge >= 0.3 is 0 Å². The molecule has 128 valence electrons. The minimum atomic E-state index is 0.484. The second-order valence-corrected chi connectivity index (χ2v) is 6.91. The van der Waals surface area contributed by atoms with E-state index in [0.717, 1.165) is 25.4 Å². The van der Waals surface area contributed by atoms with Crippen LogP contribution in [0.3, 0.4) is 0 Å². The first-order chi connectivity index (χ1) is 11.7. The van der Waals surface area contributed by atoms with Crippen LogP contribution < -0.4 is 4.74 Å². The van der Waals surface area contributed by atoms with E-state index in [4.69, 9.17) is 4.74 Å². The summed E-state index contributed by atoms with van der Waals surface area (Å²) < 4.78 is 6.03. The first-order valence-electron chi connectivity index (χ1n) is 9.11. The van der Waals surface area contributed by atoms with Crippen molar-refractivity contribution >= 4 is 0 Å². The first kappa shape index (κ1) is 17.0. The molecule has 0 N–H and O–H groups in total. The van der Waals surface area contributed by atoms with Crippen molar-refractivity contribution in [3.8, 4) is 5.75 Å². The Morgan fingerprint density at radius 1 is 1.21 bits per heavy atom. The SMILES string of the molecule is CC(C)c1cccc(OCCN2CCCC[C@@H]2c2cccnc2)c1. The zero-order valence-corrected chi connectivity index (χ0v) is 14.8. The fourth-order valence-electron chi connectivity index (χ4n) is 3.45. The molecule has 2 heterocycles. The Labute approximate surface area is 145 Å². The van der Waals surface area contributed by atoms with E-state index in [-0.39, 0.29) is 0 Å². The van der Waals surface area contributed by atoms with Crippen LogP contribution in [0, 0.1) is 0 Å². The summed E-state index contributed by atoms with van der Waals surface area (Å²) in [5, 5.41) is 0. The van der Waals surface area contributed by atoms with E-state index < -0.39 is 0 Å². The molecule has 3 heteroatoms. The second-order valence-electron chi connectivity index (χ2n) is 6.91. The van der Waals surface area contributed by atoms with E-state index in [0.29, 0.717) is 12.0 Å². The molecule has 1 atom stereocenters. The molecule has 2 aromatic rings. The standard InChI is InChI=1S/C21H28N2O/c1-17(2)18-7-5-9-20(15-18)24-14-13-23-12-4-3-10-21(23)19-8-6-11-22-16-19/h5-9,11,15-17,21H,3-4,10,12-14H2,1-2H3/t21-/m1/s1. The predicted octanol–water partition coefficient (Wildman–Crippen LogP) is 4.81. The maximum Gasteiger partial charge on any atom is 0.119 e. The topological polar surface area (TPSA) is 25.4 Å². The number of pyridine rings is 1. The number of piperidine rings is 1. The molecule has 1 aliphatic heterocycles. The molecule has 0 radical (unpaired) electrons. The van der Waals surface area contributed by atoms with E-state index in [1.54, 1.807) is 0 Å². The quantitative estimate of drug-likeness (QED) is 0.762. The molecule has 1 aromatic heterocycles. The Kier molecular flexibility index (Phi) is 5.86. The molecule has 1 aliphatic rings. The Bertz CT molecular complexity index is 627. The summed E-state index contributed by atoms with van der Waals surface area (Å²) in [6.07, 6.45) is 7.65. The Hall–Kier alpha value is -1.87. The highest BCUT2D eigenvalue weighted by atomic mass is 16.5. The molecule has 3 nitrogen and oxygen atoms in total. The second kappa shape index (κ2) is 8.29. The van der Waals surface area contributed by atoms with Crippen LogP contribution >= 0.6 is 0 Å². The van der Waals surface area contributed by atoms with Crippen molar-refractivity contribution in [3.63, 3.8) is 0 Å². The monoisotopic (exact) mass is 324 g/mol. The molecule has 0 unspecified atom stereocenters. The van der Waals surface area contributed by atoms with Crippen LogP contribution in [-0.2, 0) is 0 Å². The summed E-state index contributed by atoms with van der Waals surface area (Å²) in [7, 11) is 0. The van der Waals surface area contributed by atoms with Gasteiger partial charge in [-0.15, -0.1) is 0 Å². The average molecular weight is 324 g/mol. The lowest BCUT2D eigenvalue weighted by Crippen LogP contribution is -2.36. The molecular weight excluding hydrogens is 296 g/mol. The third kappa shape index (κ3) is 4.35. The van der Waals surface area contributed by atoms with Gasteiger partial charge in [-0.2, -0.15) is 0 Å². The molecule has 0 amide bonds. The minimum absolute atomic E-state index is 0.484. The average Bonchev–Trinajstić information content (AvgIpc) is 2.63. The van der Waals surface area contributed by atoms with Crippen molar-refractivity contribution in [2.75, 3.05) is 19.7 Å². The molecule has 0 spiro atoms. The van der Waals surface area contributed by atoms with Gasteiger partial charge in [0.05, 0.1) is 0 Å². The number of benzene rings is 1. The number of hydrogen-bond donors (Lipinski definition) is 0. The lowest BCUT2D eigenvalue weighted by Gasteiger charge is -2.35. The zero-order chi connectivity index (χ0) is 16.8. The molecule has 0 saturated carbocycles. The lowest BCUT2D eigenvalue weighted by molar-refractivity contribution is 0.123. The van der Waals surface area contributed by atoms with Crippen LogP contribution in [0.1, 0.15) is 56.2 Å². The maximum absolute atomic E-state index is 6.03. The summed E-state index contributed by atoms with van der Waals surface area (Å²) in [5.74, 6) is 1.52. The van der Waals surface area contributed by atoms with Crippen molar-refractivity contribution in [1.29, 1.82) is 0 Å². The van der Waals surface area contributed by atoms with Gasteiger partial charge in [0.15, 0.2) is 0 Å². The van der Waals surface area contributed by atoms with E-state index in [1.807, 2.05) is 18.5 Å². The fourth-order valence-corrected chi connectivity index (χ4v) is 3.45. The summed E-state index contributed by atoms with van der Waals surface area (Å²) >= 11 is 0. The number of aromatic nitrogens is 1. The van der Waals surface area contributed by atoms with Gasteiger partial charge in [0.1, 0.15) is 12.4 Å². The smallest absolute Gasteiger partial charge is 0.119 e. The van der Waals surface area contributed by atoms with Gasteiger partial charge < -0.3 is 4.74 Å². The molecule has 0 bridgehead atoms. The molecule has 1 aromatic carbocycles. The molecule has 24 heavy (non-hydrogen) atoms. The summed E-state index contributed by atoms with van der Waals surface area (Å²) in [6.45, 7) is 7.27. The lowest BCUT2D eigenvalue weighted by atomic mass is 9.96. The van der Waals surface area contributed by atoms with Gasteiger partial charge in [-0.05, 0) is 54.6 Å². The third-order valence-corrected chi connectivity index (χ3v) is 4.85. The summed E-state index contributed by atoms with van der Waals surface area (Å²) in [6, 6.07) is 13.2. The number of rotatable bonds is 6. The van der Waals surface area contributed by atoms with Gasteiger partial charge in [0, 0.05) is 25.0 Å². The van der Waals surface area contributed by atoms with Crippen molar-refractivity contribution < 1.29 is 4.74 Å². The van der Waals surface area contributed by atoms with Crippen LogP contribution in [-0.4, -0.2) is 29.6 Å². The molecule has 3 rings (SSSR count). The van der Waals surface area contributed by atoms with Gasteiger partial charge in [0.2, 0.25) is 0 Å². The van der Waals surface area contributed by atoms with Crippen LogP contribution in [0.4, 0.5) is 0 Å². The molecule has 1 saturated heterocycles. The summed E-state index contributed by atoms with van der Waals surface area (Å²) in [5.41, 5.74) is 2.66. The van der Waals surface area contributed by atoms with Gasteiger partial charge in [0.25, 0.3) is 0 Å². The largest absolute Gasteiger partial charge is 0.492 e. The highest BCUT2D eigenvalue weighted by molar-refractivity contribution is 5.30. The summed E-state index contributed by atoms with van der Waals surface area (Å²) in [4.78, 5) is 6.84. The number of ether oxygens (including phenoxy) is 1. The number of likely N-dealkylation sites (tertiary alicyclic amines) is 1. The van der Waals surface area contributed by atoms with Crippen LogP contribution in [0.25, 0.3) is 0 Å². The van der Waals surface area contributed by atoms with Crippen molar-refractivity contribution in [2.45, 2.75) is 45.1 Å². The number of hydrogen-bond acceptors (Lipinski definition) is 3. The van der Waals surface area contributed by atoms with Crippen molar-refractivity contribution in [3.05, 3.63) is 59.9 Å². The van der Waals surface area contributed by atoms with Gasteiger partial charge in [-0.1, -0.05) is 38.5 Å². The van der Waals surface area contributed by atoms with E-state index in [9.17, 15) is 0 Å². The Morgan fingerprint density at radius 2 is 2.12 bits per heavy atom. The fraction of sp³-hybridized carbons (Fsp3) is 0.476. The van der Waals surface area contributed by atoms with E-state index in [2.05, 4.69) is 54.1 Å². The highest BCUT2D eigenvalue weighted by Gasteiger charge is 2.23. The molecule has 0 aliphatic carbocycles. The van der Waals surface area contributed by atoms with Crippen LogP contribution in [0.15, 0.2) is 48.8 Å². The maximum atomic E-state index is 6.03. The van der Waals surface area contributed by atoms with Crippen molar-refractivity contribution in [2.24, 2.45) is 0 Å². The Morgan fingerprint density at radius 3 is 2.92 bits per heavy atom. The van der Waals surface area contributed by atoms with Gasteiger partial charge in [-0.3, -0.25) is 9.88 Å². The van der Waals surface area contributed by atoms with Gasteiger partial charge in [-0.25, -0.2) is 0 Å². The highest BCUT2D eigenvalue weighted by Crippen LogP contribution is 2.30. The predicted molar refractivity (Wildman–Crippen MR) is 98.4 cm³/mol. The normalized spacial score (nSPS) is 18.7. The van der Waals surface area contributed by atoms with E-state index >= 15 is 0 Å². The third-order valence-electron chi connectivity index (χ3n) is 4.85. The molecular formula is C21H28N2O. The first-order valence-corrected chi connectivity index (χ1v) is 9.11. The van der Waals surface area contributed by atoms with Crippen LogP contribution in [0.2, 0.25) is 0 Å². The Balaban J connectivity index is 1.57. The molecule has 1 fully saturated rings.